The molecule has 32 heavy (non-hydrogen) atoms. The predicted molar refractivity (Wildman–Crippen MR) is 130 cm³/mol. The molecule has 0 spiro atoms. The summed E-state index contributed by atoms with van der Waals surface area (Å²) in [6.45, 7) is 4.07. The number of H-pyrrole nitrogens is 1. The second kappa shape index (κ2) is 9.83. The van der Waals surface area contributed by atoms with Crippen molar-refractivity contribution in [3.63, 3.8) is 0 Å². The zero-order chi connectivity index (χ0) is 22.5. The van der Waals surface area contributed by atoms with Crippen LogP contribution in [0.2, 0.25) is 0 Å². The van der Waals surface area contributed by atoms with Crippen LogP contribution in [0.4, 0.5) is 0 Å². The van der Waals surface area contributed by atoms with Gasteiger partial charge in [0.15, 0.2) is 0 Å². The maximum absolute atomic E-state index is 13.3. The van der Waals surface area contributed by atoms with Crippen LogP contribution in [0.25, 0.3) is 10.9 Å². The van der Waals surface area contributed by atoms with Gasteiger partial charge in [0, 0.05) is 29.6 Å². The summed E-state index contributed by atoms with van der Waals surface area (Å²) in [5.41, 5.74) is 4.42. The lowest BCUT2D eigenvalue weighted by atomic mass is 10.0. The second-order valence-electron chi connectivity index (χ2n) is 8.11. The number of hydrogen-bond donors (Lipinski definition) is 3. The first-order chi connectivity index (χ1) is 15.5. The number of aromatic nitrogens is 1. The van der Waals surface area contributed by atoms with Crippen molar-refractivity contribution in [2.75, 3.05) is 0 Å². The topological polar surface area (TPSA) is 74.0 Å². The molecule has 2 atom stereocenters. The maximum Gasteiger partial charge on any atom is 0.262 e. The minimum Gasteiger partial charge on any atom is -0.361 e. The number of hydrogen-bond acceptors (Lipinski definition) is 3. The third-order valence-electron chi connectivity index (χ3n) is 5.64. The van der Waals surface area contributed by atoms with Gasteiger partial charge in [-0.2, -0.15) is 0 Å². The van der Waals surface area contributed by atoms with Crippen molar-refractivity contribution < 1.29 is 9.59 Å². The lowest BCUT2D eigenvalue weighted by Crippen LogP contribution is -2.50. The van der Waals surface area contributed by atoms with Gasteiger partial charge in [-0.05, 0) is 54.5 Å². The quantitative estimate of drug-likeness (QED) is 0.370. The number of thiophene rings is 1. The number of para-hydroxylation sites is 1. The largest absolute Gasteiger partial charge is 0.361 e. The van der Waals surface area contributed by atoms with Crippen LogP contribution in [-0.4, -0.2) is 28.9 Å². The number of nitrogens with one attached hydrogen (secondary N) is 3. The fourth-order valence-electron chi connectivity index (χ4n) is 3.93. The average molecular weight is 446 g/mol. The van der Waals surface area contributed by atoms with Crippen molar-refractivity contribution in [2.24, 2.45) is 0 Å². The minimum absolute atomic E-state index is 0.0623. The summed E-state index contributed by atoms with van der Waals surface area (Å²) in [5.74, 6) is -0.409. The molecule has 0 saturated carbocycles. The number of carbonyl (C=O) groups is 2. The van der Waals surface area contributed by atoms with E-state index in [-0.39, 0.29) is 17.9 Å². The van der Waals surface area contributed by atoms with E-state index in [1.165, 1.54) is 22.5 Å². The molecule has 2 amide bonds. The van der Waals surface area contributed by atoms with Gasteiger partial charge in [0.05, 0.1) is 4.88 Å². The van der Waals surface area contributed by atoms with Crippen LogP contribution in [0.5, 0.6) is 0 Å². The molecule has 6 heteroatoms. The Kier molecular flexibility index (Phi) is 6.71. The lowest BCUT2D eigenvalue weighted by Gasteiger charge is -2.22. The summed E-state index contributed by atoms with van der Waals surface area (Å²) < 4.78 is 0. The van der Waals surface area contributed by atoms with Crippen LogP contribution in [0.1, 0.15) is 33.3 Å². The molecule has 0 radical (unpaired) electrons. The Bertz CT molecular complexity index is 1210. The van der Waals surface area contributed by atoms with Gasteiger partial charge in [-0.15, -0.1) is 11.3 Å². The molecule has 2 aromatic carbocycles. The Labute approximate surface area is 191 Å². The lowest BCUT2D eigenvalue weighted by molar-refractivity contribution is -0.123. The molecule has 0 aliphatic carbocycles. The summed E-state index contributed by atoms with van der Waals surface area (Å²) in [4.78, 5) is 29.9. The molecule has 0 aliphatic rings. The molecule has 0 fully saturated rings. The van der Waals surface area contributed by atoms with Crippen LogP contribution in [0, 0.1) is 6.92 Å². The minimum atomic E-state index is -0.678. The highest BCUT2D eigenvalue weighted by Crippen LogP contribution is 2.20. The number of carbonyl (C=O) groups excluding carboxylic acids is 2. The molecule has 0 saturated heterocycles. The van der Waals surface area contributed by atoms with Gasteiger partial charge in [-0.3, -0.25) is 9.59 Å². The van der Waals surface area contributed by atoms with Crippen LogP contribution in [0.15, 0.2) is 72.2 Å². The van der Waals surface area contributed by atoms with Gasteiger partial charge >= 0.3 is 0 Å². The molecule has 2 heterocycles. The highest BCUT2D eigenvalue weighted by molar-refractivity contribution is 7.12. The Morgan fingerprint density at radius 3 is 2.50 bits per heavy atom. The number of rotatable bonds is 8. The van der Waals surface area contributed by atoms with E-state index in [9.17, 15) is 9.59 Å². The fourth-order valence-corrected chi connectivity index (χ4v) is 4.56. The van der Waals surface area contributed by atoms with Crippen LogP contribution in [0.3, 0.4) is 0 Å². The Morgan fingerprint density at radius 1 is 0.938 bits per heavy atom. The van der Waals surface area contributed by atoms with E-state index in [4.69, 9.17) is 0 Å². The highest BCUT2D eigenvalue weighted by Gasteiger charge is 2.25. The number of amides is 2. The van der Waals surface area contributed by atoms with Crippen molar-refractivity contribution in [2.45, 2.75) is 38.8 Å². The molecule has 4 rings (SSSR count). The smallest absolute Gasteiger partial charge is 0.262 e. The van der Waals surface area contributed by atoms with Gasteiger partial charge in [0.2, 0.25) is 5.91 Å². The standard InChI is InChI=1S/C26H27N3O2S/c1-17-8-3-4-9-19(17)14-18(2)28-25(30)23(29-26(31)24-12-7-13-32-24)15-20-16-27-22-11-6-5-10-21(20)22/h3-13,16,18,23,27H,14-15H2,1-2H3,(H,28,30)(H,29,31)/t18-,23+/m0/s1. The van der Waals surface area contributed by atoms with E-state index in [0.29, 0.717) is 11.3 Å². The molecule has 2 aromatic heterocycles. The third kappa shape index (κ3) is 5.08. The normalized spacial score (nSPS) is 12.9. The summed E-state index contributed by atoms with van der Waals surface area (Å²) in [6.07, 6.45) is 3.06. The highest BCUT2D eigenvalue weighted by atomic mass is 32.1. The molecule has 0 bridgehead atoms. The fraction of sp³-hybridized carbons (Fsp3) is 0.231. The molecule has 0 unspecified atom stereocenters. The number of aryl methyl sites for hydroxylation is 1. The van der Waals surface area contributed by atoms with E-state index >= 15 is 0 Å². The number of aromatic amines is 1. The third-order valence-corrected chi connectivity index (χ3v) is 6.51. The van der Waals surface area contributed by atoms with Gasteiger partial charge in [0.25, 0.3) is 5.91 Å². The van der Waals surface area contributed by atoms with Crippen molar-refractivity contribution in [3.8, 4) is 0 Å². The monoisotopic (exact) mass is 445 g/mol. The Balaban J connectivity index is 1.51. The summed E-state index contributed by atoms with van der Waals surface area (Å²) in [7, 11) is 0. The first-order valence-corrected chi connectivity index (χ1v) is 11.6. The molecule has 4 aromatic rings. The summed E-state index contributed by atoms with van der Waals surface area (Å²) >= 11 is 1.36. The van der Waals surface area contributed by atoms with E-state index in [0.717, 1.165) is 22.9 Å². The number of benzene rings is 2. The molecule has 5 nitrogen and oxygen atoms in total. The van der Waals surface area contributed by atoms with Gasteiger partial charge < -0.3 is 15.6 Å². The zero-order valence-electron chi connectivity index (χ0n) is 18.2. The maximum atomic E-state index is 13.3. The Hall–Kier alpha value is -3.38. The van der Waals surface area contributed by atoms with Crippen LogP contribution < -0.4 is 10.6 Å². The van der Waals surface area contributed by atoms with Crippen molar-refractivity contribution in [1.29, 1.82) is 0 Å². The number of fused-ring (bicyclic) bond motifs is 1. The molecular formula is C26H27N3O2S. The second-order valence-corrected chi connectivity index (χ2v) is 9.05. The van der Waals surface area contributed by atoms with E-state index in [2.05, 4.69) is 34.7 Å². The SMILES string of the molecule is Cc1ccccc1C[C@H](C)NC(=O)[C@@H](Cc1c[nH]c2ccccc12)NC(=O)c1cccs1. The van der Waals surface area contributed by atoms with Gasteiger partial charge in [-0.25, -0.2) is 0 Å². The van der Waals surface area contributed by atoms with E-state index in [1.807, 2.05) is 61.0 Å². The first-order valence-electron chi connectivity index (χ1n) is 10.8. The molecule has 164 valence electrons. The molecule has 0 aliphatic heterocycles. The summed E-state index contributed by atoms with van der Waals surface area (Å²) in [6, 6.07) is 19.0. The molecular weight excluding hydrogens is 418 g/mol. The van der Waals surface area contributed by atoms with Crippen molar-refractivity contribution >= 4 is 34.1 Å². The van der Waals surface area contributed by atoms with Gasteiger partial charge in [-0.1, -0.05) is 48.5 Å². The Morgan fingerprint density at radius 2 is 1.72 bits per heavy atom. The van der Waals surface area contributed by atoms with E-state index < -0.39 is 6.04 Å². The zero-order valence-corrected chi connectivity index (χ0v) is 19.0. The van der Waals surface area contributed by atoms with Crippen LogP contribution in [-0.2, 0) is 17.6 Å². The van der Waals surface area contributed by atoms with E-state index in [1.54, 1.807) is 6.07 Å². The molecule has 3 N–H and O–H groups in total. The van der Waals surface area contributed by atoms with Gasteiger partial charge in [0.1, 0.15) is 6.04 Å². The average Bonchev–Trinajstić information content (AvgIpc) is 3.45. The van der Waals surface area contributed by atoms with Crippen molar-refractivity contribution in [1.82, 2.24) is 15.6 Å². The van der Waals surface area contributed by atoms with Crippen LogP contribution >= 0.6 is 11.3 Å². The summed E-state index contributed by atoms with van der Waals surface area (Å²) in [5, 5.41) is 8.97. The van der Waals surface area contributed by atoms with Crippen molar-refractivity contribution in [3.05, 3.63) is 93.8 Å². The predicted octanol–water partition coefficient (Wildman–Crippen LogP) is 4.63. The first kappa shape index (κ1) is 21.8.